The van der Waals surface area contributed by atoms with E-state index in [1.807, 2.05) is 27.7 Å². The second-order valence-electron chi connectivity index (χ2n) is 11.4. The van der Waals surface area contributed by atoms with Gasteiger partial charge in [0.2, 0.25) is 0 Å². The van der Waals surface area contributed by atoms with E-state index >= 15 is 0 Å². The number of carboxylic acid groups (broad SMARTS) is 1. The van der Waals surface area contributed by atoms with Crippen molar-refractivity contribution in [2.45, 2.75) is 97.6 Å². The first-order valence-corrected chi connectivity index (χ1v) is 15.1. The van der Waals surface area contributed by atoms with Crippen molar-refractivity contribution in [2.24, 2.45) is 23.5 Å². The molecule has 1 aromatic carbocycles. The second-order valence-corrected chi connectivity index (χ2v) is 11.4. The van der Waals surface area contributed by atoms with Crippen LogP contribution in [0, 0.1) is 17.8 Å². The highest BCUT2D eigenvalue weighted by molar-refractivity contribution is 5.75. The zero-order chi connectivity index (χ0) is 31.9. The Hall–Kier alpha value is -3.54. The van der Waals surface area contributed by atoms with Crippen LogP contribution in [0.5, 0.6) is 11.5 Å². The molecule has 0 spiro atoms. The molecule has 1 fully saturated rings. The van der Waals surface area contributed by atoms with Crippen LogP contribution < -0.4 is 15.2 Å². The summed E-state index contributed by atoms with van der Waals surface area (Å²) in [4.78, 5) is 49.2. The smallest absolute Gasteiger partial charge is 0.480 e. The number of carbonyl (C=O) groups is 4. The molecule has 3 N–H and O–H groups in total. The third kappa shape index (κ3) is 12.3. The molecule has 5 atom stereocenters. The van der Waals surface area contributed by atoms with Crippen LogP contribution in [0.1, 0.15) is 91.0 Å². The minimum atomic E-state index is -1.41. The van der Waals surface area contributed by atoms with Crippen LogP contribution >= 0.6 is 0 Å². The Labute approximate surface area is 253 Å². The summed E-state index contributed by atoms with van der Waals surface area (Å²) in [5.41, 5.74) is 6.43. The molecule has 0 heterocycles. The van der Waals surface area contributed by atoms with Gasteiger partial charge >= 0.3 is 24.4 Å². The third-order valence-corrected chi connectivity index (χ3v) is 7.67. The molecule has 2 rings (SSSR count). The average molecular weight is 610 g/mol. The van der Waals surface area contributed by atoms with E-state index in [9.17, 15) is 24.3 Å². The molecule has 242 valence electrons. The molecule has 1 saturated carbocycles. The highest BCUT2D eigenvalue weighted by Crippen LogP contribution is 2.36. The van der Waals surface area contributed by atoms with Crippen LogP contribution in [0.15, 0.2) is 18.2 Å². The summed E-state index contributed by atoms with van der Waals surface area (Å²) in [5, 5.41) is 9.77. The van der Waals surface area contributed by atoms with Gasteiger partial charge < -0.3 is 39.3 Å². The van der Waals surface area contributed by atoms with Crippen LogP contribution in [-0.4, -0.2) is 61.5 Å². The summed E-state index contributed by atoms with van der Waals surface area (Å²) in [5.74, 6) is -2.91. The van der Waals surface area contributed by atoms with Crippen LogP contribution in [0.25, 0.3) is 0 Å². The normalized spacial score (nSPS) is 17.0. The number of rotatable bonds is 15. The minimum Gasteiger partial charge on any atom is -0.480 e. The molecular weight excluding hydrogens is 562 g/mol. The summed E-state index contributed by atoms with van der Waals surface area (Å²) in [6, 6.07) is 2.79. The molecule has 1 aliphatic carbocycles. The molecule has 4 unspecified atom stereocenters. The summed E-state index contributed by atoms with van der Waals surface area (Å²) < 4.78 is 31.8. The standard InChI is InChI=1S/C31H47NO11/c1-6-19(3)16-38-30(36)42-24-14-13-22(15-25(24)43-31(37)39-17-20(4)7-2)26(27(32)28(33)34)21(5)18-40-29(35)41-23-11-9-8-10-12-23/h13-15,19-21,23,26-27H,6-12,16-18,32H2,1-5H3,(H,33,34)/t19?,20?,21?,26?,27-/m0/s1. The lowest BCUT2D eigenvalue weighted by atomic mass is 9.82. The van der Waals surface area contributed by atoms with E-state index in [0.717, 1.165) is 44.9 Å². The summed E-state index contributed by atoms with van der Waals surface area (Å²) in [6.45, 7) is 9.48. The molecule has 43 heavy (non-hydrogen) atoms. The number of hydrogen-bond acceptors (Lipinski definition) is 11. The Morgan fingerprint density at radius 2 is 1.35 bits per heavy atom. The molecule has 0 aliphatic heterocycles. The highest BCUT2D eigenvalue weighted by Gasteiger charge is 2.33. The van der Waals surface area contributed by atoms with Crippen molar-refractivity contribution in [3.8, 4) is 11.5 Å². The third-order valence-electron chi connectivity index (χ3n) is 7.67. The van der Waals surface area contributed by atoms with Gasteiger partial charge in [-0.25, -0.2) is 14.4 Å². The molecule has 0 saturated heterocycles. The van der Waals surface area contributed by atoms with Gasteiger partial charge in [0.25, 0.3) is 0 Å². The number of benzene rings is 1. The topological polar surface area (TPSA) is 170 Å². The first-order chi connectivity index (χ1) is 20.4. The molecule has 12 nitrogen and oxygen atoms in total. The quantitative estimate of drug-likeness (QED) is 0.127. The lowest BCUT2D eigenvalue weighted by Gasteiger charge is -2.28. The SMILES string of the molecule is CCC(C)COC(=O)Oc1ccc(C(C(C)COC(=O)OC2CCCCC2)[C@H](N)C(=O)O)cc1OC(=O)OCC(C)CC. The minimum absolute atomic E-state index is 0.0914. The monoisotopic (exact) mass is 609 g/mol. The van der Waals surface area contributed by atoms with Gasteiger partial charge in [0.15, 0.2) is 11.5 Å². The van der Waals surface area contributed by atoms with Crippen molar-refractivity contribution in [2.75, 3.05) is 19.8 Å². The molecule has 0 aromatic heterocycles. The van der Waals surface area contributed by atoms with Gasteiger partial charge in [-0.2, -0.15) is 0 Å². The van der Waals surface area contributed by atoms with Crippen molar-refractivity contribution < 1.29 is 52.7 Å². The summed E-state index contributed by atoms with van der Waals surface area (Å²) in [6.07, 6.45) is 3.14. The number of ether oxygens (including phenoxy) is 6. The zero-order valence-corrected chi connectivity index (χ0v) is 25.9. The summed E-state index contributed by atoms with van der Waals surface area (Å²) in [7, 11) is 0. The van der Waals surface area contributed by atoms with E-state index in [4.69, 9.17) is 34.2 Å². The van der Waals surface area contributed by atoms with Gasteiger partial charge in [-0.1, -0.05) is 59.9 Å². The van der Waals surface area contributed by atoms with Gasteiger partial charge in [0.1, 0.15) is 12.1 Å². The molecule has 1 aliphatic rings. The lowest BCUT2D eigenvalue weighted by molar-refractivity contribution is -0.139. The van der Waals surface area contributed by atoms with E-state index in [0.29, 0.717) is 5.56 Å². The maximum Gasteiger partial charge on any atom is 0.513 e. The van der Waals surface area contributed by atoms with Crippen molar-refractivity contribution in [1.29, 1.82) is 0 Å². The predicted molar refractivity (Wildman–Crippen MR) is 156 cm³/mol. The first-order valence-electron chi connectivity index (χ1n) is 15.1. The Balaban J connectivity index is 2.27. The fourth-order valence-electron chi connectivity index (χ4n) is 4.49. The predicted octanol–water partition coefficient (Wildman–Crippen LogP) is 6.43. The largest absolute Gasteiger partial charge is 0.513 e. The van der Waals surface area contributed by atoms with E-state index in [2.05, 4.69) is 0 Å². The molecule has 1 aromatic rings. The molecular formula is C31H47NO11. The van der Waals surface area contributed by atoms with Gasteiger partial charge in [-0.3, -0.25) is 4.79 Å². The van der Waals surface area contributed by atoms with Gasteiger partial charge in [-0.05, 0) is 61.1 Å². The maximum absolute atomic E-state index is 12.5. The van der Waals surface area contributed by atoms with Crippen LogP contribution in [0.2, 0.25) is 0 Å². The Kier molecular flexibility index (Phi) is 15.1. The van der Waals surface area contributed by atoms with Crippen molar-refractivity contribution >= 4 is 24.4 Å². The fraction of sp³-hybridized carbons (Fsp3) is 0.677. The van der Waals surface area contributed by atoms with E-state index in [-0.39, 0.29) is 49.3 Å². The maximum atomic E-state index is 12.5. The molecule has 0 bridgehead atoms. The van der Waals surface area contributed by atoms with Crippen LogP contribution in [-0.2, 0) is 23.7 Å². The van der Waals surface area contributed by atoms with Crippen molar-refractivity contribution in [1.82, 2.24) is 0 Å². The summed E-state index contributed by atoms with van der Waals surface area (Å²) >= 11 is 0. The molecule has 0 amide bonds. The number of carboxylic acids is 1. The van der Waals surface area contributed by atoms with E-state index in [1.165, 1.54) is 18.2 Å². The van der Waals surface area contributed by atoms with Crippen LogP contribution in [0.3, 0.4) is 0 Å². The molecule has 12 heteroatoms. The zero-order valence-electron chi connectivity index (χ0n) is 25.9. The number of hydrogen-bond donors (Lipinski definition) is 2. The van der Waals surface area contributed by atoms with Gasteiger partial charge in [-0.15, -0.1) is 0 Å². The number of carbonyl (C=O) groups excluding carboxylic acids is 3. The Morgan fingerprint density at radius 3 is 1.88 bits per heavy atom. The van der Waals surface area contributed by atoms with E-state index < -0.39 is 42.3 Å². The average Bonchev–Trinajstić information content (AvgIpc) is 2.99. The lowest BCUT2D eigenvalue weighted by Crippen LogP contribution is -2.40. The molecule has 0 radical (unpaired) electrons. The van der Waals surface area contributed by atoms with Crippen molar-refractivity contribution in [3.63, 3.8) is 0 Å². The van der Waals surface area contributed by atoms with Gasteiger partial charge in [0, 0.05) is 5.92 Å². The second kappa shape index (κ2) is 18.2. The fourth-order valence-corrected chi connectivity index (χ4v) is 4.49. The number of nitrogens with two attached hydrogens (primary N) is 1. The Bertz CT molecular complexity index is 1060. The van der Waals surface area contributed by atoms with E-state index in [1.54, 1.807) is 6.92 Å². The van der Waals surface area contributed by atoms with Gasteiger partial charge in [0.05, 0.1) is 19.8 Å². The first kappa shape index (κ1) is 35.7. The number of aliphatic carboxylic acids is 1. The van der Waals surface area contributed by atoms with Crippen molar-refractivity contribution in [3.05, 3.63) is 23.8 Å². The highest BCUT2D eigenvalue weighted by atomic mass is 16.7. The Morgan fingerprint density at radius 1 is 0.814 bits per heavy atom. The van der Waals surface area contributed by atoms with Crippen LogP contribution in [0.4, 0.5) is 14.4 Å².